The summed E-state index contributed by atoms with van der Waals surface area (Å²) in [6.45, 7) is 4.65. The molecule has 1 amide bonds. The van der Waals surface area contributed by atoms with Gasteiger partial charge >= 0.3 is 0 Å². The van der Waals surface area contributed by atoms with Crippen molar-refractivity contribution in [3.8, 4) is 0 Å². The van der Waals surface area contributed by atoms with Crippen molar-refractivity contribution < 1.29 is 32.9 Å². The molecule has 3 atom stereocenters. The smallest absolute Gasteiger partial charge is 0.268 e. The van der Waals surface area contributed by atoms with Crippen LogP contribution in [-0.4, -0.2) is 68.5 Å². The SMILES string of the molecule is CCCCCCCCCCC/C=C/CC/C=C/CC/C=C/C(O)C(COP(=O)([O-])OCC[N+](C)(C)C)NC(=O)CCCCCCCCCCCCCCCCCCC/C=C\CCCCCCCCCCCCCC. The number of rotatable bonds is 59. The van der Waals surface area contributed by atoms with E-state index in [0.29, 0.717) is 17.4 Å². The Kier molecular flexibility index (Phi) is 55.0. The second kappa shape index (κ2) is 56.2. The molecule has 0 aromatic carbocycles. The maximum absolute atomic E-state index is 13.0. The number of carbonyl (C=O) groups excluding carboxylic acids is 1. The molecule has 2 N–H and O–H groups in total. The molecule has 0 bridgehead atoms. The normalized spacial score (nSPS) is 14.1. The summed E-state index contributed by atoms with van der Waals surface area (Å²) in [5, 5.41) is 13.9. The van der Waals surface area contributed by atoms with E-state index in [-0.39, 0.29) is 12.5 Å². The topological polar surface area (TPSA) is 108 Å². The second-order valence-electron chi connectivity index (χ2n) is 23.1. The monoisotopic (exact) mass is 1060 g/mol. The minimum Gasteiger partial charge on any atom is -0.756 e. The Morgan fingerprint density at radius 2 is 0.757 bits per heavy atom. The number of nitrogens with zero attached hydrogens (tertiary/aromatic N) is 1. The fourth-order valence-electron chi connectivity index (χ4n) is 9.48. The highest BCUT2D eigenvalue weighted by Gasteiger charge is 2.23. The van der Waals surface area contributed by atoms with Crippen molar-refractivity contribution in [2.45, 2.75) is 321 Å². The van der Waals surface area contributed by atoms with Gasteiger partial charge < -0.3 is 28.8 Å². The van der Waals surface area contributed by atoms with Crippen LogP contribution in [0.3, 0.4) is 0 Å². The fraction of sp³-hybridized carbons (Fsp3) is 0.862. The van der Waals surface area contributed by atoms with Gasteiger partial charge in [0.1, 0.15) is 13.2 Å². The van der Waals surface area contributed by atoms with E-state index in [1.54, 1.807) is 6.08 Å². The number of allylic oxidation sites excluding steroid dienone is 7. The molecule has 0 aliphatic rings. The van der Waals surface area contributed by atoms with E-state index in [1.807, 2.05) is 27.2 Å². The van der Waals surface area contributed by atoms with Gasteiger partial charge in [-0.3, -0.25) is 9.36 Å². The number of nitrogens with one attached hydrogen (secondary N) is 1. The van der Waals surface area contributed by atoms with Crippen molar-refractivity contribution in [3.63, 3.8) is 0 Å². The lowest BCUT2D eigenvalue weighted by Gasteiger charge is -2.29. The van der Waals surface area contributed by atoms with E-state index in [1.165, 1.54) is 244 Å². The lowest BCUT2D eigenvalue weighted by molar-refractivity contribution is -0.870. The highest BCUT2D eigenvalue weighted by molar-refractivity contribution is 7.45. The number of hydrogen-bond acceptors (Lipinski definition) is 6. The van der Waals surface area contributed by atoms with Crippen molar-refractivity contribution in [1.29, 1.82) is 0 Å². The fourth-order valence-corrected chi connectivity index (χ4v) is 10.2. The number of aliphatic hydroxyl groups is 1. The molecule has 436 valence electrons. The molecule has 0 rings (SSSR count). The first-order valence-corrected chi connectivity index (χ1v) is 33.5. The highest BCUT2D eigenvalue weighted by Crippen LogP contribution is 2.38. The van der Waals surface area contributed by atoms with Crippen LogP contribution in [0.15, 0.2) is 48.6 Å². The van der Waals surface area contributed by atoms with Gasteiger partial charge in [-0.2, -0.15) is 0 Å². The molecule has 3 unspecified atom stereocenters. The first-order valence-electron chi connectivity index (χ1n) is 32.0. The number of quaternary nitrogens is 1. The summed E-state index contributed by atoms with van der Waals surface area (Å²) in [7, 11) is 1.24. The first kappa shape index (κ1) is 72.5. The summed E-state index contributed by atoms with van der Waals surface area (Å²) in [6, 6.07) is -0.910. The Morgan fingerprint density at radius 3 is 1.09 bits per heavy atom. The van der Waals surface area contributed by atoms with Gasteiger partial charge in [0.05, 0.1) is 39.9 Å². The summed E-state index contributed by atoms with van der Waals surface area (Å²) in [4.78, 5) is 25.5. The van der Waals surface area contributed by atoms with Crippen LogP contribution in [-0.2, 0) is 18.4 Å². The Labute approximate surface area is 460 Å². The maximum atomic E-state index is 13.0. The Hall–Kier alpha value is -1.54. The molecule has 0 heterocycles. The molecule has 0 aliphatic heterocycles. The number of carbonyl (C=O) groups is 1. The molecule has 0 saturated carbocycles. The first-order chi connectivity index (χ1) is 36.0. The standard InChI is InChI=1S/C65H125N2O6P/c1-6-8-10-12-14-16-18-20-22-24-26-27-28-29-30-31-32-33-34-35-36-37-38-39-41-43-45-47-49-51-53-55-57-59-65(69)66-63(62-73-74(70,71)72-61-60-67(3,4)5)64(68)58-56-54-52-50-48-46-44-42-40-25-23-21-19-17-15-13-11-9-7-2/h29-30,40,42,48,50,56,58,63-64,68H,6-28,31-39,41,43-47,49,51-55,57,59-62H2,1-5H3,(H-,66,69,70,71)/b30-29-,42-40+,50-48+,58-56+. The Bertz CT molecular complexity index is 1340. The van der Waals surface area contributed by atoms with Gasteiger partial charge in [0.25, 0.3) is 7.82 Å². The molecule has 0 radical (unpaired) electrons. The van der Waals surface area contributed by atoms with E-state index in [0.717, 1.165) is 44.9 Å². The molecule has 8 nitrogen and oxygen atoms in total. The Morgan fingerprint density at radius 1 is 0.459 bits per heavy atom. The number of aliphatic hydroxyl groups excluding tert-OH is 1. The summed E-state index contributed by atoms with van der Waals surface area (Å²) in [6.07, 6.45) is 75.1. The van der Waals surface area contributed by atoms with Crippen LogP contribution in [0, 0.1) is 0 Å². The molecule has 0 saturated heterocycles. The average molecular weight is 1060 g/mol. The zero-order valence-electron chi connectivity index (χ0n) is 49.8. The van der Waals surface area contributed by atoms with Gasteiger partial charge in [-0.25, -0.2) is 0 Å². The summed E-state index contributed by atoms with van der Waals surface area (Å²) in [5.74, 6) is -0.207. The van der Waals surface area contributed by atoms with Crippen LogP contribution in [0.2, 0.25) is 0 Å². The minimum atomic E-state index is -4.61. The van der Waals surface area contributed by atoms with E-state index < -0.39 is 26.6 Å². The highest BCUT2D eigenvalue weighted by atomic mass is 31.2. The van der Waals surface area contributed by atoms with Crippen molar-refractivity contribution in [3.05, 3.63) is 48.6 Å². The third-order valence-electron chi connectivity index (χ3n) is 14.5. The van der Waals surface area contributed by atoms with Crippen LogP contribution in [0.5, 0.6) is 0 Å². The predicted octanol–water partition coefficient (Wildman–Crippen LogP) is 19.2. The number of hydrogen-bond donors (Lipinski definition) is 2. The van der Waals surface area contributed by atoms with Crippen LogP contribution < -0.4 is 10.2 Å². The summed E-state index contributed by atoms with van der Waals surface area (Å²) < 4.78 is 23.4. The van der Waals surface area contributed by atoms with Gasteiger partial charge in [0, 0.05) is 6.42 Å². The Balaban J connectivity index is 4.08. The molecule has 0 aromatic heterocycles. The lowest BCUT2D eigenvalue weighted by atomic mass is 10.0. The zero-order valence-corrected chi connectivity index (χ0v) is 50.7. The number of phosphoric acid groups is 1. The lowest BCUT2D eigenvalue weighted by Crippen LogP contribution is -2.45. The molecular formula is C65H125N2O6P. The zero-order chi connectivity index (χ0) is 54.2. The number of amides is 1. The quantitative estimate of drug-likeness (QED) is 0.0272. The van der Waals surface area contributed by atoms with Crippen molar-refractivity contribution in [2.75, 3.05) is 40.9 Å². The van der Waals surface area contributed by atoms with Crippen LogP contribution >= 0.6 is 7.82 Å². The maximum Gasteiger partial charge on any atom is 0.268 e. The second-order valence-corrected chi connectivity index (χ2v) is 24.5. The van der Waals surface area contributed by atoms with Gasteiger partial charge in [0.15, 0.2) is 0 Å². The van der Waals surface area contributed by atoms with Gasteiger partial charge in [-0.05, 0) is 70.6 Å². The van der Waals surface area contributed by atoms with E-state index in [2.05, 4.69) is 55.6 Å². The van der Waals surface area contributed by atoms with Crippen LogP contribution in [0.25, 0.3) is 0 Å². The molecule has 0 spiro atoms. The third-order valence-corrected chi connectivity index (χ3v) is 15.5. The van der Waals surface area contributed by atoms with Gasteiger partial charge in [0.2, 0.25) is 5.91 Å². The van der Waals surface area contributed by atoms with Crippen LogP contribution in [0.4, 0.5) is 0 Å². The van der Waals surface area contributed by atoms with Gasteiger partial charge in [-0.15, -0.1) is 0 Å². The number of unbranched alkanes of at least 4 members (excludes halogenated alkanes) is 40. The molecule has 0 aromatic rings. The molecule has 9 heteroatoms. The minimum absolute atomic E-state index is 0.00852. The molecular weight excluding hydrogens is 936 g/mol. The van der Waals surface area contributed by atoms with Gasteiger partial charge in [-0.1, -0.05) is 281 Å². The molecule has 0 aliphatic carbocycles. The van der Waals surface area contributed by atoms with Crippen molar-refractivity contribution in [1.82, 2.24) is 5.32 Å². The van der Waals surface area contributed by atoms with E-state index in [4.69, 9.17) is 9.05 Å². The van der Waals surface area contributed by atoms with Crippen molar-refractivity contribution >= 4 is 13.7 Å². The largest absolute Gasteiger partial charge is 0.756 e. The van der Waals surface area contributed by atoms with Crippen LogP contribution in [0.1, 0.15) is 309 Å². The van der Waals surface area contributed by atoms with E-state index in [9.17, 15) is 19.4 Å². The number of phosphoric ester groups is 1. The molecule has 0 fully saturated rings. The van der Waals surface area contributed by atoms with Crippen molar-refractivity contribution in [2.24, 2.45) is 0 Å². The average Bonchev–Trinajstić information content (AvgIpc) is 3.36. The summed E-state index contributed by atoms with van der Waals surface area (Å²) >= 11 is 0. The van der Waals surface area contributed by atoms with E-state index >= 15 is 0 Å². The number of likely N-dealkylation sites (N-methyl/N-ethyl adjacent to an activating group) is 1. The molecule has 74 heavy (non-hydrogen) atoms. The predicted molar refractivity (Wildman–Crippen MR) is 321 cm³/mol. The summed E-state index contributed by atoms with van der Waals surface area (Å²) in [5.41, 5.74) is 0. The third kappa shape index (κ3) is 58.1.